The lowest BCUT2D eigenvalue weighted by molar-refractivity contribution is -0.126. The van der Waals surface area contributed by atoms with Crippen molar-refractivity contribution in [1.82, 2.24) is 14.6 Å². The van der Waals surface area contributed by atoms with Crippen molar-refractivity contribution in [3.63, 3.8) is 0 Å². The summed E-state index contributed by atoms with van der Waals surface area (Å²) in [6.45, 7) is -1.17. The number of nitriles is 1. The van der Waals surface area contributed by atoms with E-state index in [-0.39, 0.29) is 11.3 Å². The van der Waals surface area contributed by atoms with Gasteiger partial charge in [-0.15, -0.1) is 0 Å². The molecule has 0 aliphatic carbocycles. The third-order valence-corrected chi connectivity index (χ3v) is 6.15. The van der Waals surface area contributed by atoms with Gasteiger partial charge in [0.1, 0.15) is 22.5 Å². The van der Waals surface area contributed by atoms with Crippen LogP contribution < -0.4 is 15.4 Å². The van der Waals surface area contributed by atoms with Crippen LogP contribution in [-0.4, -0.2) is 55.4 Å². The molecule has 2 unspecified atom stereocenters. The molecule has 0 saturated heterocycles. The Balaban J connectivity index is 2.27. The van der Waals surface area contributed by atoms with Gasteiger partial charge in [-0.3, -0.25) is 4.79 Å². The zero-order chi connectivity index (χ0) is 25.8. The van der Waals surface area contributed by atoms with Crippen molar-refractivity contribution in [3.8, 4) is 6.07 Å². The average Bonchev–Trinajstić information content (AvgIpc) is 3.06. The van der Waals surface area contributed by atoms with Gasteiger partial charge in [0.25, 0.3) is 5.91 Å². The highest BCUT2D eigenvalue weighted by Crippen LogP contribution is 2.23. The van der Waals surface area contributed by atoms with Crippen LogP contribution in [0.4, 0.5) is 27.6 Å². The first kappa shape index (κ1) is 27.2. The second-order valence-electron chi connectivity index (χ2n) is 7.22. The first-order chi connectivity index (χ1) is 15.7. The molecule has 1 heterocycles. The number of alkyl halides is 3. The fraction of sp³-hybridized carbons (Fsp3) is 0.368. The first-order valence-corrected chi connectivity index (χ1v) is 11.0. The van der Waals surface area contributed by atoms with E-state index in [1.54, 1.807) is 6.07 Å². The van der Waals surface area contributed by atoms with Gasteiger partial charge in [0.05, 0.1) is 24.8 Å². The van der Waals surface area contributed by atoms with E-state index >= 15 is 0 Å². The Morgan fingerprint density at radius 1 is 1.29 bits per heavy atom. The molecular formula is C19H20F5N5O4S. The normalized spacial score (nSPS) is 13.9. The summed E-state index contributed by atoms with van der Waals surface area (Å²) in [7, 11) is -3.56. The highest BCUT2D eigenvalue weighted by atomic mass is 32.2. The summed E-state index contributed by atoms with van der Waals surface area (Å²) in [5, 5.41) is 22.5. The molecule has 1 aromatic heterocycles. The number of aliphatic hydroxyl groups excluding tert-OH is 1. The number of carbonyl (C=O) groups excluding carboxylic acids is 1. The van der Waals surface area contributed by atoms with Crippen LogP contribution in [0.25, 0.3) is 0 Å². The third kappa shape index (κ3) is 6.50. The van der Waals surface area contributed by atoms with Gasteiger partial charge >= 0.3 is 6.18 Å². The number of aliphatic hydroxyl groups is 1. The van der Waals surface area contributed by atoms with Crippen LogP contribution in [-0.2, 0) is 17.1 Å². The Labute approximate surface area is 191 Å². The van der Waals surface area contributed by atoms with E-state index in [4.69, 9.17) is 5.26 Å². The predicted octanol–water partition coefficient (Wildman–Crippen LogP) is 1.61. The smallest absolute Gasteiger partial charge is 0.395 e. The maximum atomic E-state index is 15.0. The molecule has 2 rings (SSSR count). The Morgan fingerprint density at radius 3 is 2.50 bits per heavy atom. The number of nitrogens with one attached hydrogen (secondary N) is 3. The second kappa shape index (κ2) is 10.5. The van der Waals surface area contributed by atoms with E-state index in [9.17, 15) is 40.3 Å². The number of benzene rings is 1. The summed E-state index contributed by atoms with van der Waals surface area (Å²) in [6, 6.07) is 1.92. The first-order valence-electron chi connectivity index (χ1n) is 9.49. The van der Waals surface area contributed by atoms with Crippen molar-refractivity contribution in [1.29, 1.82) is 5.26 Å². The molecule has 0 aliphatic heterocycles. The van der Waals surface area contributed by atoms with E-state index in [1.807, 2.05) is 10.0 Å². The van der Waals surface area contributed by atoms with Crippen LogP contribution in [0.15, 0.2) is 29.3 Å². The lowest BCUT2D eigenvalue weighted by Gasteiger charge is -2.24. The minimum absolute atomic E-state index is 0.0593. The Hall–Kier alpha value is -3.06. The molecule has 2 aromatic rings. The molecule has 1 amide bonds. The van der Waals surface area contributed by atoms with Gasteiger partial charge in [0.2, 0.25) is 10.0 Å². The molecular weight excluding hydrogens is 489 g/mol. The molecule has 9 nitrogen and oxygen atoms in total. The number of halogens is 5. The van der Waals surface area contributed by atoms with Crippen LogP contribution in [0, 0.1) is 23.0 Å². The maximum Gasteiger partial charge on any atom is 0.401 e. The summed E-state index contributed by atoms with van der Waals surface area (Å²) in [5.41, 5.74) is -1.18. The average molecular weight is 509 g/mol. The number of hydrogen-bond acceptors (Lipinski definition) is 6. The van der Waals surface area contributed by atoms with E-state index < -0.39 is 69.6 Å². The highest BCUT2D eigenvalue weighted by Gasteiger charge is 2.33. The van der Waals surface area contributed by atoms with Crippen LogP contribution in [0.5, 0.6) is 0 Å². The van der Waals surface area contributed by atoms with Gasteiger partial charge in [-0.1, -0.05) is 0 Å². The molecule has 34 heavy (non-hydrogen) atoms. The molecule has 2 atom stereocenters. The number of carbonyl (C=O) groups is 1. The molecule has 0 spiro atoms. The largest absolute Gasteiger partial charge is 0.401 e. The molecule has 186 valence electrons. The fourth-order valence-electron chi connectivity index (χ4n) is 2.87. The van der Waals surface area contributed by atoms with Crippen molar-refractivity contribution >= 4 is 21.6 Å². The van der Waals surface area contributed by atoms with Gasteiger partial charge in [-0.05, 0) is 25.1 Å². The summed E-state index contributed by atoms with van der Waals surface area (Å²) < 4.78 is 93.7. The summed E-state index contributed by atoms with van der Waals surface area (Å²) in [4.78, 5) is 11.5. The number of aryl methyl sites for hydroxylation is 1. The number of anilines is 1. The molecule has 1 aromatic carbocycles. The molecule has 0 radical (unpaired) electrons. The zero-order valence-corrected chi connectivity index (χ0v) is 18.6. The lowest BCUT2D eigenvalue weighted by atomic mass is 10.2. The van der Waals surface area contributed by atoms with E-state index in [0.29, 0.717) is 0 Å². The van der Waals surface area contributed by atoms with Gasteiger partial charge in [0, 0.05) is 25.0 Å². The zero-order valence-electron chi connectivity index (χ0n) is 17.7. The predicted molar refractivity (Wildman–Crippen MR) is 109 cm³/mol. The van der Waals surface area contributed by atoms with Gasteiger partial charge < -0.3 is 20.3 Å². The van der Waals surface area contributed by atoms with Gasteiger partial charge in [0.15, 0.2) is 5.82 Å². The fourth-order valence-corrected chi connectivity index (χ4v) is 4.31. The number of sulfonamides is 1. The summed E-state index contributed by atoms with van der Waals surface area (Å²) in [5.74, 6) is -3.43. The second-order valence-corrected chi connectivity index (χ2v) is 8.90. The molecule has 15 heteroatoms. The van der Waals surface area contributed by atoms with E-state index in [2.05, 4.69) is 5.32 Å². The van der Waals surface area contributed by atoms with Crippen LogP contribution in [0.1, 0.15) is 23.0 Å². The van der Waals surface area contributed by atoms with Crippen LogP contribution in [0.2, 0.25) is 0 Å². The number of amides is 1. The third-order valence-electron chi connectivity index (χ3n) is 4.67. The maximum absolute atomic E-state index is 15.0. The van der Waals surface area contributed by atoms with Crippen molar-refractivity contribution in [3.05, 3.63) is 47.3 Å². The molecule has 0 fully saturated rings. The summed E-state index contributed by atoms with van der Waals surface area (Å²) in [6.07, 6.45) is -3.82. The summed E-state index contributed by atoms with van der Waals surface area (Å²) >= 11 is 0. The van der Waals surface area contributed by atoms with Crippen molar-refractivity contribution in [2.75, 3.05) is 18.5 Å². The van der Waals surface area contributed by atoms with E-state index in [1.165, 1.54) is 14.0 Å². The Bertz CT molecular complexity index is 1210. The number of hydrogen-bond donors (Lipinski definition) is 4. The van der Waals surface area contributed by atoms with Gasteiger partial charge in [-0.25, -0.2) is 21.9 Å². The Kier molecular flexibility index (Phi) is 8.37. The van der Waals surface area contributed by atoms with Crippen molar-refractivity contribution in [2.45, 2.75) is 30.1 Å². The van der Waals surface area contributed by atoms with Crippen LogP contribution >= 0.6 is 0 Å². The monoisotopic (exact) mass is 509 g/mol. The molecule has 0 saturated carbocycles. The van der Waals surface area contributed by atoms with Gasteiger partial charge in [-0.2, -0.15) is 18.4 Å². The lowest BCUT2D eigenvalue weighted by Crippen LogP contribution is -2.52. The molecule has 0 bridgehead atoms. The number of rotatable bonds is 9. The minimum atomic E-state index is -4.73. The topological polar surface area (TPSA) is 136 Å². The number of aromatic nitrogens is 1. The SMILES string of the molecule is CC(NCC(F)(F)F)C(CO)NS(=O)(=O)c1cn(C)c(C(=O)Nc2ccc(F)c(C#N)c2)c1F. The van der Waals surface area contributed by atoms with Crippen molar-refractivity contribution < 1.29 is 40.3 Å². The van der Waals surface area contributed by atoms with Crippen molar-refractivity contribution in [2.24, 2.45) is 7.05 Å². The highest BCUT2D eigenvalue weighted by molar-refractivity contribution is 7.89. The minimum Gasteiger partial charge on any atom is -0.395 e. The van der Waals surface area contributed by atoms with E-state index in [0.717, 1.165) is 29.0 Å². The number of nitrogens with zero attached hydrogens (tertiary/aromatic N) is 2. The molecule has 0 aliphatic rings. The standard InChI is InChI=1S/C19H20F5N5O4S/c1-10(26-9-19(22,23)24)14(8-30)28-34(32,33)15-7-29(2)17(16(15)21)18(31)27-12-3-4-13(20)11(5-12)6-25/h3-5,7,10,14,26,28,30H,8-9H2,1-2H3,(H,27,31). The molecule has 4 N–H and O–H groups in total. The Morgan fingerprint density at radius 2 is 1.94 bits per heavy atom. The van der Waals surface area contributed by atoms with Crippen LogP contribution in [0.3, 0.4) is 0 Å². The quantitative estimate of drug-likeness (QED) is 0.379.